The molecule has 0 saturated carbocycles. The minimum absolute atomic E-state index is 0.366. The smallest absolute Gasteiger partial charge is 0.227 e. The molecule has 0 radical (unpaired) electrons. The summed E-state index contributed by atoms with van der Waals surface area (Å²) in [5, 5.41) is 21.6. The first-order valence-electron chi connectivity index (χ1n) is 12.6. The zero-order valence-electron chi connectivity index (χ0n) is 21.4. The highest BCUT2D eigenvalue weighted by molar-refractivity contribution is 5.60. The summed E-state index contributed by atoms with van der Waals surface area (Å²) in [6.07, 6.45) is 0. The Hall–Kier alpha value is -3.92. The maximum absolute atomic E-state index is 5.52. The van der Waals surface area contributed by atoms with E-state index in [1.807, 2.05) is 62.4 Å². The van der Waals surface area contributed by atoms with Gasteiger partial charge in [-0.1, -0.05) is 63.2 Å². The van der Waals surface area contributed by atoms with Gasteiger partial charge in [0, 0.05) is 55.6 Å². The lowest BCUT2D eigenvalue weighted by atomic mass is 10.1. The Balaban J connectivity index is 0.00000148. The Morgan fingerprint density at radius 2 is 1.78 bits per heavy atom. The van der Waals surface area contributed by atoms with E-state index >= 15 is 0 Å². The number of nitrogens with zero attached hydrogens (tertiary/aromatic N) is 5. The number of H-pyrrole nitrogens is 1. The highest BCUT2D eigenvalue weighted by Crippen LogP contribution is 2.24. The number of piperazine rings is 1. The van der Waals surface area contributed by atoms with Crippen molar-refractivity contribution in [2.75, 3.05) is 41.7 Å². The van der Waals surface area contributed by atoms with E-state index in [4.69, 9.17) is 9.51 Å². The quantitative estimate of drug-likeness (QED) is 0.277. The molecule has 5 rings (SSSR count). The third-order valence-electron chi connectivity index (χ3n) is 5.68. The van der Waals surface area contributed by atoms with Crippen LogP contribution in [0.15, 0.2) is 53.1 Å². The van der Waals surface area contributed by atoms with E-state index in [2.05, 4.69) is 55.0 Å². The standard InChI is InChI=1S/C24H29N9O.C2H6/c1-16(2)19-13-22(31-30-19)27-21-14-23(33-10-8-25-9-11-33)29-24(28-21)26-15-18-12-20(32-34-18)17-6-4-3-5-7-17;1-2/h3-7,12-14,16,25H,8-11,15H2,1-2H3,(H3,26,27,28,29,30,31);1-2H3. The van der Waals surface area contributed by atoms with Crippen LogP contribution < -0.4 is 20.9 Å². The molecule has 1 saturated heterocycles. The summed E-state index contributed by atoms with van der Waals surface area (Å²) in [6, 6.07) is 15.8. The number of hydrogen-bond donors (Lipinski definition) is 4. The van der Waals surface area contributed by atoms with Gasteiger partial charge in [-0.3, -0.25) is 5.10 Å². The van der Waals surface area contributed by atoms with Crippen molar-refractivity contribution in [3.8, 4) is 11.3 Å². The molecular weight excluding hydrogens is 454 g/mol. The number of aromatic nitrogens is 5. The first-order chi connectivity index (χ1) is 17.6. The van der Waals surface area contributed by atoms with E-state index < -0.39 is 0 Å². The fourth-order valence-electron chi connectivity index (χ4n) is 3.77. The Kier molecular flexibility index (Phi) is 8.51. The maximum atomic E-state index is 5.52. The van der Waals surface area contributed by atoms with E-state index in [-0.39, 0.29) is 0 Å². The lowest BCUT2D eigenvalue weighted by Gasteiger charge is -2.28. The van der Waals surface area contributed by atoms with Crippen LogP contribution >= 0.6 is 0 Å². The topological polar surface area (TPSA) is 120 Å². The van der Waals surface area contributed by atoms with Gasteiger partial charge in [0.2, 0.25) is 5.95 Å². The number of anilines is 4. The molecule has 36 heavy (non-hydrogen) atoms. The Labute approximate surface area is 211 Å². The van der Waals surface area contributed by atoms with Gasteiger partial charge >= 0.3 is 0 Å². The van der Waals surface area contributed by atoms with Gasteiger partial charge in [-0.25, -0.2) is 0 Å². The molecular formula is C26H35N9O. The summed E-state index contributed by atoms with van der Waals surface area (Å²) in [5.41, 5.74) is 2.88. The summed E-state index contributed by atoms with van der Waals surface area (Å²) in [7, 11) is 0. The van der Waals surface area contributed by atoms with E-state index in [0.29, 0.717) is 30.0 Å². The van der Waals surface area contributed by atoms with Crippen LogP contribution in [0.1, 0.15) is 45.1 Å². The van der Waals surface area contributed by atoms with Crippen molar-refractivity contribution in [1.29, 1.82) is 0 Å². The SMILES string of the molecule is CC.CC(C)c1cc(Nc2cc(N3CCNCC3)nc(NCc3cc(-c4ccccc4)no3)n2)n[nH]1. The van der Waals surface area contributed by atoms with Gasteiger partial charge in [0.1, 0.15) is 17.3 Å². The Morgan fingerprint density at radius 3 is 2.50 bits per heavy atom. The molecule has 0 bridgehead atoms. The van der Waals surface area contributed by atoms with Gasteiger partial charge in [0.25, 0.3) is 0 Å². The molecule has 4 heterocycles. The molecule has 10 heteroatoms. The number of rotatable bonds is 8. The van der Waals surface area contributed by atoms with E-state index in [1.165, 1.54) is 0 Å². The van der Waals surface area contributed by atoms with Gasteiger partial charge in [0.05, 0.1) is 6.54 Å². The summed E-state index contributed by atoms with van der Waals surface area (Å²) in [6.45, 7) is 12.3. The van der Waals surface area contributed by atoms with Crippen molar-refractivity contribution >= 4 is 23.4 Å². The van der Waals surface area contributed by atoms with Crippen molar-refractivity contribution in [2.24, 2.45) is 0 Å². The minimum Gasteiger partial charge on any atom is -0.359 e. The van der Waals surface area contributed by atoms with Gasteiger partial charge in [-0.05, 0) is 5.92 Å². The first kappa shape index (κ1) is 25.2. The summed E-state index contributed by atoms with van der Waals surface area (Å²) in [5.74, 6) is 3.85. The highest BCUT2D eigenvalue weighted by Gasteiger charge is 2.16. The van der Waals surface area contributed by atoms with Crippen LogP contribution in [0.3, 0.4) is 0 Å². The van der Waals surface area contributed by atoms with Crippen LogP contribution in [0.2, 0.25) is 0 Å². The van der Waals surface area contributed by atoms with E-state index in [0.717, 1.165) is 54.8 Å². The van der Waals surface area contributed by atoms with Gasteiger partial charge in [-0.15, -0.1) is 0 Å². The maximum Gasteiger partial charge on any atom is 0.227 e. The van der Waals surface area contributed by atoms with Crippen LogP contribution in [-0.2, 0) is 6.54 Å². The van der Waals surface area contributed by atoms with E-state index in [9.17, 15) is 0 Å². The van der Waals surface area contributed by atoms with E-state index in [1.54, 1.807) is 0 Å². The predicted molar refractivity (Wildman–Crippen MR) is 144 cm³/mol. The molecule has 190 valence electrons. The van der Waals surface area contributed by atoms with Crippen LogP contribution in [-0.4, -0.2) is 51.5 Å². The third kappa shape index (κ3) is 6.39. The molecule has 4 N–H and O–H groups in total. The van der Waals surface area contributed by atoms with Gasteiger partial charge < -0.3 is 25.4 Å². The zero-order valence-corrected chi connectivity index (χ0v) is 21.4. The molecule has 0 atom stereocenters. The average molecular weight is 490 g/mol. The molecule has 1 fully saturated rings. The van der Waals surface area contributed by atoms with Crippen molar-refractivity contribution < 1.29 is 4.52 Å². The van der Waals surface area contributed by atoms with Crippen molar-refractivity contribution in [3.05, 3.63) is 60.0 Å². The molecule has 3 aromatic heterocycles. The fourth-order valence-corrected chi connectivity index (χ4v) is 3.77. The second-order valence-corrected chi connectivity index (χ2v) is 8.56. The van der Waals surface area contributed by atoms with Crippen LogP contribution in [0.5, 0.6) is 0 Å². The molecule has 0 unspecified atom stereocenters. The largest absolute Gasteiger partial charge is 0.359 e. The van der Waals surface area contributed by atoms with Crippen LogP contribution in [0.4, 0.5) is 23.4 Å². The third-order valence-corrected chi connectivity index (χ3v) is 5.68. The van der Waals surface area contributed by atoms with Crippen molar-refractivity contribution in [2.45, 2.75) is 40.2 Å². The number of aromatic amines is 1. The molecule has 4 aromatic rings. The second-order valence-electron chi connectivity index (χ2n) is 8.56. The molecule has 10 nitrogen and oxygen atoms in total. The Bertz CT molecular complexity index is 1210. The number of nitrogens with one attached hydrogen (secondary N) is 4. The average Bonchev–Trinajstić information content (AvgIpc) is 3.60. The number of benzene rings is 1. The first-order valence-corrected chi connectivity index (χ1v) is 12.6. The molecule has 0 aliphatic carbocycles. The lowest BCUT2D eigenvalue weighted by molar-refractivity contribution is 0.390. The molecule has 0 spiro atoms. The molecule has 1 aliphatic heterocycles. The van der Waals surface area contributed by atoms with Crippen molar-refractivity contribution in [3.63, 3.8) is 0 Å². The highest BCUT2D eigenvalue weighted by atomic mass is 16.5. The molecule has 0 amide bonds. The van der Waals surface area contributed by atoms with Crippen LogP contribution in [0, 0.1) is 0 Å². The summed E-state index contributed by atoms with van der Waals surface area (Å²) in [4.78, 5) is 11.7. The second kappa shape index (κ2) is 12.2. The molecule has 1 aliphatic rings. The van der Waals surface area contributed by atoms with Crippen molar-refractivity contribution in [1.82, 2.24) is 30.6 Å². The zero-order chi connectivity index (χ0) is 25.3. The molecule has 1 aromatic carbocycles. The summed E-state index contributed by atoms with van der Waals surface area (Å²) < 4.78 is 5.52. The Morgan fingerprint density at radius 1 is 1.00 bits per heavy atom. The van der Waals surface area contributed by atoms with Gasteiger partial charge in [0.15, 0.2) is 11.6 Å². The lowest BCUT2D eigenvalue weighted by Crippen LogP contribution is -2.44. The minimum atomic E-state index is 0.366. The predicted octanol–water partition coefficient (Wildman–Crippen LogP) is 4.77. The van der Waals surface area contributed by atoms with Crippen LogP contribution in [0.25, 0.3) is 11.3 Å². The number of hydrogen-bond acceptors (Lipinski definition) is 9. The summed E-state index contributed by atoms with van der Waals surface area (Å²) >= 11 is 0. The normalized spacial score (nSPS) is 13.3. The monoisotopic (exact) mass is 489 g/mol. The fraction of sp³-hybridized carbons (Fsp3) is 0.385. The van der Waals surface area contributed by atoms with Gasteiger partial charge in [-0.2, -0.15) is 15.1 Å².